The van der Waals surface area contributed by atoms with E-state index in [4.69, 9.17) is 0 Å². The van der Waals surface area contributed by atoms with Crippen LogP contribution in [0.25, 0.3) is 0 Å². The fourth-order valence-electron chi connectivity index (χ4n) is 2.46. The first-order valence-corrected chi connectivity index (χ1v) is 6.53. The fourth-order valence-corrected chi connectivity index (χ4v) is 2.46. The van der Waals surface area contributed by atoms with E-state index in [9.17, 15) is 9.50 Å². The largest absolute Gasteiger partial charge is 0.396 e. The number of fused-ring (bicyclic) bond motifs is 1. The monoisotopic (exact) mass is 261 g/mol. The summed E-state index contributed by atoms with van der Waals surface area (Å²) in [7, 11) is 0. The quantitative estimate of drug-likeness (QED) is 0.912. The summed E-state index contributed by atoms with van der Waals surface area (Å²) in [6, 6.07) is 6.70. The molecule has 3 rings (SSSR count). The van der Waals surface area contributed by atoms with E-state index in [1.807, 2.05) is 10.7 Å². The van der Waals surface area contributed by atoms with Gasteiger partial charge in [-0.3, -0.25) is 0 Å². The molecule has 0 fully saturated rings. The third-order valence-electron chi connectivity index (χ3n) is 3.58. The molecule has 100 valence electrons. The van der Waals surface area contributed by atoms with Gasteiger partial charge >= 0.3 is 0 Å². The molecule has 2 heterocycles. The maximum Gasteiger partial charge on any atom is 0.155 e. The van der Waals surface area contributed by atoms with Gasteiger partial charge in [-0.25, -0.2) is 14.1 Å². The highest BCUT2D eigenvalue weighted by atomic mass is 19.1. The van der Waals surface area contributed by atoms with Crippen molar-refractivity contribution in [2.45, 2.75) is 25.8 Å². The van der Waals surface area contributed by atoms with Gasteiger partial charge in [-0.1, -0.05) is 18.2 Å². The SMILES string of the molecule is OCC1CCn2nc(Cc3ccccc3F)nc2C1. The molecule has 1 atom stereocenters. The first-order valence-electron chi connectivity index (χ1n) is 6.53. The van der Waals surface area contributed by atoms with Gasteiger partial charge in [0.25, 0.3) is 0 Å². The molecule has 1 aromatic heterocycles. The van der Waals surface area contributed by atoms with Crippen molar-refractivity contribution in [1.29, 1.82) is 0 Å². The summed E-state index contributed by atoms with van der Waals surface area (Å²) in [5, 5.41) is 13.6. The molecule has 2 aromatic rings. The summed E-state index contributed by atoms with van der Waals surface area (Å²) in [5.41, 5.74) is 0.615. The molecule has 19 heavy (non-hydrogen) atoms. The molecule has 1 unspecified atom stereocenters. The average molecular weight is 261 g/mol. The lowest BCUT2D eigenvalue weighted by Gasteiger charge is -2.19. The molecule has 1 aromatic carbocycles. The molecule has 0 spiro atoms. The van der Waals surface area contributed by atoms with E-state index in [1.54, 1.807) is 12.1 Å². The van der Waals surface area contributed by atoms with Crippen LogP contribution in [0.3, 0.4) is 0 Å². The van der Waals surface area contributed by atoms with Crippen LogP contribution in [0, 0.1) is 11.7 Å². The van der Waals surface area contributed by atoms with Crippen LogP contribution in [0.1, 0.15) is 23.6 Å². The van der Waals surface area contributed by atoms with Crippen LogP contribution >= 0.6 is 0 Å². The summed E-state index contributed by atoms with van der Waals surface area (Å²) < 4.78 is 15.5. The number of aromatic nitrogens is 3. The lowest BCUT2D eigenvalue weighted by molar-refractivity contribution is 0.196. The average Bonchev–Trinajstić information content (AvgIpc) is 2.82. The molecule has 0 amide bonds. The molecule has 1 aliphatic rings. The van der Waals surface area contributed by atoms with E-state index >= 15 is 0 Å². The Morgan fingerprint density at radius 1 is 1.37 bits per heavy atom. The third-order valence-corrected chi connectivity index (χ3v) is 3.58. The van der Waals surface area contributed by atoms with Crippen LogP contribution in [0.15, 0.2) is 24.3 Å². The fraction of sp³-hybridized carbons (Fsp3) is 0.429. The maximum absolute atomic E-state index is 13.6. The van der Waals surface area contributed by atoms with E-state index in [0.29, 0.717) is 17.8 Å². The Morgan fingerprint density at radius 3 is 3.00 bits per heavy atom. The highest BCUT2D eigenvalue weighted by Gasteiger charge is 2.21. The van der Waals surface area contributed by atoms with Gasteiger partial charge in [0.15, 0.2) is 5.82 Å². The summed E-state index contributed by atoms with van der Waals surface area (Å²) in [4.78, 5) is 4.46. The zero-order valence-electron chi connectivity index (χ0n) is 10.6. The number of hydrogen-bond acceptors (Lipinski definition) is 3. The number of aliphatic hydroxyl groups is 1. The summed E-state index contributed by atoms with van der Waals surface area (Å²) in [5.74, 6) is 1.61. The molecular formula is C14H16FN3O. The second-order valence-corrected chi connectivity index (χ2v) is 4.98. The predicted octanol–water partition coefficient (Wildman–Crippen LogP) is 1.56. The van der Waals surface area contributed by atoms with Crippen molar-refractivity contribution in [1.82, 2.24) is 14.8 Å². The Morgan fingerprint density at radius 2 is 2.21 bits per heavy atom. The molecule has 0 saturated heterocycles. The molecule has 1 aliphatic heterocycles. The molecular weight excluding hydrogens is 245 g/mol. The van der Waals surface area contributed by atoms with E-state index in [1.165, 1.54) is 6.07 Å². The van der Waals surface area contributed by atoms with Crippen molar-refractivity contribution in [2.75, 3.05) is 6.61 Å². The second-order valence-electron chi connectivity index (χ2n) is 4.98. The molecule has 0 saturated carbocycles. The molecule has 4 nitrogen and oxygen atoms in total. The Bertz CT molecular complexity index is 582. The van der Waals surface area contributed by atoms with Crippen molar-refractivity contribution in [2.24, 2.45) is 5.92 Å². The standard InChI is InChI=1S/C14H16FN3O/c15-12-4-2-1-3-11(12)8-13-16-14-7-10(9-19)5-6-18(14)17-13/h1-4,10,19H,5-9H2. The van der Waals surface area contributed by atoms with E-state index in [2.05, 4.69) is 10.1 Å². The van der Waals surface area contributed by atoms with Crippen LogP contribution in [-0.2, 0) is 19.4 Å². The van der Waals surface area contributed by atoms with Gasteiger partial charge in [0, 0.05) is 26.0 Å². The van der Waals surface area contributed by atoms with Crippen LogP contribution in [0.4, 0.5) is 4.39 Å². The number of nitrogens with zero attached hydrogens (tertiary/aromatic N) is 3. The molecule has 0 aliphatic carbocycles. The highest BCUT2D eigenvalue weighted by molar-refractivity contribution is 5.21. The lowest BCUT2D eigenvalue weighted by Crippen LogP contribution is -2.22. The minimum atomic E-state index is -0.219. The molecule has 5 heteroatoms. The highest BCUT2D eigenvalue weighted by Crippen LogP contribution is 2.19. The van der Waals surface area contributed by atoms with Crippen molar-refractivity contribution in [3.63, 3.8) is 0 Å². The van der Waals surface area contributed by atoms with Crippen molar-refractivity contribution in [3.05, 3.63) is 47.3 Å². The van der Waals surface area contributed by atoms with Gasteiger partial charge in [0.1, 0.15) is 11.6 Å². The third kappa shape index (κ3) is 2.51. The van der Waals surface area contributed by atoms with Gasteiger partial charge < -0.3 is 5.11 Å². The van der Waals surface area contributed by atoms with Crippen LogP contribution < -0.4 is 0 Å². The van der Waals surface area contributed by atoms with Crippen LogP contribution in [0.5, 0.6) is 0 Å². The summed E-state index contributed by atoms with van der Waals surface area (Å²) in [6.45, 7) is 0.973. The van der Waals surface area contributed by atoms with Gasteiger partial charge in [-0.2, -0.15) is 5.10 Å². The Hall–Kier alpha value is -1.75. The number of rotatable bonds is 3. The van der Waals surface area contributed by atoms with Gasteiger partial charge in [-0.05, 0) is 24.0 Å². The van der Waals surface area contributed by atoms with Crippen LogP contribution in [-0.4, -0.2) is 26.5 Å². The maximum atomic E-state index is 13.6. The second kappa shape index (κ2) is 5.09. The Balaban J connectivity index is 1.80. The van der Waals surface area contributed by atoms with Gasteiger partial charge in [0.2, 0.25) is 0 Å². The Labute approximate surface area is 110 Å². The first kappa shape index (κ1) is 12.3. The normalized spacial score (nSPS) is 18.3. The van der Waals surface area contributed by atoms with Crippen molar-refractivity contribution in [3.8, 4) is 0 Å². The van der Waals surface area contributed by atoms with Gasteiger partial charge in [0.05, 0.1) is 0 Å². The van der Waals surface area contributed by atoms with Crippen molar-refractivity contribution < 1.29 is 9.50 Å². The zero-order chi connectivity index (χ0) is 13.2. The molecule has 0 radical (unpaired) electrons. The first-order chi connectivity index (χ1) is 9.26. The molecule has 1 N–H and O–H groups in total. The number of aliphatic hydroxyl groups excluding tert-OH is 1. The summed E-state index contributed by atoms with van der Waals surface area (Å²) >= 11 is 0. The Kier molecular flexibility index (Phi) is 3.29. The zero-order valence-corrected chi connectivity index (χ0v) is 10.6. The minimum absolute atomic E-state index is 0.190. The van der Waals surface area contributed by atoms with E-state index in [-0.39, 0.29) is 18.3 Å². The van der Waals surface area contributed by atoms with E-state index in [0.717, 1.165) is 25.2 Å². The number of halogens is 1. The van der Waals surface area contributed by atoms with Gasteiger partial charge in [-0.15, -0.1) is 0 Å². The van der Waals surface area contributed by atoms with Crippen molar-refractivity contribution >= 4 is 0 Å². The molecule has 0 bridgehead atoms. The van der Waals surface area contributed by atoms with E-state index < -0.39 is 0 Å². The smallest absolute Gasteiger partial charge is 0.155 e. The minimum Gasteiger partial charge on any atom is -0.396 e. The predicted molar refractivity (Wildman–Crippen MR) is 68.1 cm³/mol. The number of hydrogen-bond donors (Lipinski definition) is 1. The number of benzene rings is 1. The van der Waals surface area contributed by atoms with Crippen LogP contribution in [0.2, 0.25) is 0 Å². The number of aryl methyl sites for hydroxylation is 1. The topological polar surface area (TPSA) is 50.9 Å². The summed E-state index contributed by atoms with van der Waals surface area (Å²) in [6.07, 6.45) is 2.09. The lowest BCUT2D eigenvalue weighted by atomic mass is 9.99.